The molecule has 8 heteroatoms. The molecule has 204 valence electrons. The molecule has 0 bridgehead atoms. The van der Waals surface area contributed by atoms with E-state index in [4.69, 9.17) is 20.4 Å². The van der Waals surface area contributed by atoms with Crippen LogP contribution in [0.5, 0.6) is 5.75 Å². The molecule has 0 spiro atoms. The number of pyridine rings is 1. The SMILES string of the molecule is C=Nn1cc(COC(/C=C\C)=C/C=C/C(C#CC)CC(=O)O)ccc1=N.CCOC.Cc1ccc(O)cc1. The Hall–Kier alpha value is -4.35. The van der Waals surface area contributed by atoms with Gasteiger partial charge in [0.25, 0.3) is 0 Å². The Morgan fingerprint density at radius 1 is 1.26 bits per heavy atom. The molecule has 1 aromatic heterocycles. The molecule has 3 N–H and O–H groups in total. The maximum absolute atomic E-state index is 10.8. The first-order chi connectivity index (χ1) is 18.2. The molecule has 0 amide bonds. The van der Waals surface area contributed by atoms with Crippen molar-refractivity contribution in [2.45, 2.75) is 40.7 Å². The largest absolute Gasteiger partial charge is 0.508 e. The lowest BCUT2D eigenvalue weighted by molar-refractivity contribution is -0.137. The zero-order chi connectivity index (χ0) is 28.8. The van der Waals surface area contributed by atoms with Crippen LogP contribution in [0.15, 0.2) is 83.8 Å². The number of hydrogen-bond acceptors (Lipinski definition) is 6. The summed E-state index contributed by atoms with van der Waals surface area (Å²) in [7, 11) is 1.68. The fourth-order valence-corrected chi connectivity index (χ4v) is 2.59. The molecule has 0 saturated heterocycles. The van der Waals surface area contributed by atoms with E-state index in [9.17, 15) is 4.79 Å². The van der Waals surface area contributed by atoms with Crippen molar-refractivity contribution in [2.75, 3.05) is 13.7 Å². The van der Waals surface area contributed by atoms with Crippen molar-refractivity contribution in [3.63, 3.8) is 0 Å². The monoisotopic (exact) mass is 521 g/mol. The number of ether oxygens (including phenoxy) is 2. The number of carboxylic acids is 1. The van der Waals surface area contributed by atoms with Crippen LogP contribution in [0.25, 0.3) is 0 Å². The van der Waals surface area contributed by atoms with Gasteiger partial charge in [-0.2, -0.15) is 5.10 Å². The van der Waals surface area contributed by atoms with Crippen molar-refractivity contribution in [3.8, 4) is 17.6 Å². The lowest BCUT2D eigenvalue weighted by Crippen LogP contribution is -2.14. The number of aromatic nitrogens is 1. The molecule has 8 nitrogen and oxygen atoms in total. The number of carboxylic acid groups (broad SMARTS) is 1. The van der Waals surface area contributed by atoms with Gasteiger partial charge in [0.1, 0.15) is 23.6 Å². The number of allylic oxidation sites excluding steroid dienone is 5. The molecule has 38 heavy (non-hydrogen) atoms. The van der Waals surface area contributed by atoms with Crippen molar-refractivity contribution in [3.05, 3.63) is 95.3 Å². The first-order valence-corrected chi connectivity index (χ1v) is 12.0. The van der Waals surface area contributed by atoms with Gasteiger partial charge in [-0.15, -0.1) is 5.92 Å². The van der Waals surface area contributed by atoms with E-state index in [1.165, 1.54) is 10.2 Å². The molecule has 0 aliphatic carbocycles. The van der Waals surface area contributed by atoms with E-state index in [0.717, 1.165) is 12.2 Å². The lowest BCUT2D eigenvalue weighted by Gasteiger charge is -2.08. The summed E-state index contributed by atoms with van der Waals surface area (Å²) in [4.78, 5) is 10.8. The highest BCUT2D eigenvalue weighted by Crippen LogP contribution is 2.09. The second-order valence-corrected chi connectivity index (χ2v) is 7.66. The molecule has 1 atom stereocenters. The van der Waals surface area contributed by atoms with Gasteiger partial charge in [-0.1, -0.05) is 47.9 Å². The van der Waals surface area contributed by atoms with Crippen molar-refractivity contribution in [2.24, 2.45) is 11.0 Å². The highest BCUT2D eigenvalue weighted by atomic mass is 16.5. The smallest absolute Gasteiger partial charge is 0.304 e. The number of hydrogen-bond donors (Lipinski definition) is 3. The number of phenols is 1. The normalized spacial score (nSPS) is 11.3. The highest BCUT2D eigenvalue weighted by molar-refractivity contribution is 5.68. The number of aromatic hydroxyl groups is 1. The molecule has 1 aromatic carbocycles. The molecule has 0 saturated carbocycles. The van der Waals surface area contributed by atoms with Gasteiger partial charge in [-0.3, -0.25) is 10.2 Å². The van der Waals surface area contributed by atoms with Crippen LogP contribution in [-0.2, 0) is 20.9 Å². The van der Waals surface area contributed by atoms with Crippen LogP contribution in [0.2, 0.25) is 0 Å². The van der Waals surface area contributed by atoms with E-state index in [2.05, 4.69) is 28.4 Å². The number of nitrogens with one attached hydrogen (secondary N) is 1. The van der Waals surface area contributed by atoms with E-state index < -0.39 is 5.97 Å². The average molecular weight is 522 g/mol. The number of phenolic OH excluding ortho intramolecular Hbond substituents is 1. The first kappa shape index (κ1) is 33.7. The Bertz CT molecular complexity index is 1160. The summed E-state index contributed by atoms with van der Waals surface area (Å²) < 4.78 is 11.7. The number of benzene rings is 1. The predicted octanol–water partition coefficient (Wildman–Crippen LogP) is 5.43. The summed E-state index contributed by atoms with van der Waals surface area (Å²) in [6.45, 7) is 12.0. The average Bonchev–Trinajstić information content (AvgIpc) is 2.90. The predicted molar refractivity (Wildman–Crippen MR) is 152 cm³/mol. The second-order valence-electron chi connectivity index (χ2n) is 7.66. The zero-order valence-electron chi connectivity index (χ0n) is 22.8. The Morgan fingerprint density at radius 3 is 2.42 bits per heavy atom. The zero-order valence-corrected chi connectivity index (χ0v) is 22.8. The van der Waals surface area contributed by atoms with E-state index >= 15 is 0 Å². The molecular weight excluding hydrogens is 482 g/mol. The molecule has 0 fully saturated rings. The standard InChI is InChI=1S/C20H23N3O3.C7H8O.C3H8O/c1-4-7-16(13-20(24)25)9-6-10-18(8-5-2)26-15-17-11-12-19(21)23(14-17)22-3;1-6-2-4-7(8)5-3-6;1-3-4-2/h5-6,8-12,14,16,21H,3,13,15H2,1-2H3,(H,24,25);2-5,8H,1H3;3H2,1-2H3/b8-5-,9-6+,18-10+,21-19?;;. The van der Waals surface area contributed by atoms with Gasteiger partial charge in [-0.25, -0.2) is 4.68 Å². The minimum Gasteiger partial charge on any atom is -0.508 e. The van der Waals surface area contributed by atoms with Gasteiger partial charge in [-0.05, 0) is 58.0 Å². The molecule has 2 aromatic rings. The number of rotatable bonds is 10. The third-order valence-electron chi connectivity index (χ3n) is 4.53. The molecule has 1 heterocycles. The van der Waals surface area contributed by atoms with E-state index in [1.807, 2.05) is 39.0 Å². The topological polar surface area (TPSA) is 117 Å². The quantitative estimate of drug-likeness (QED) is 0.167. The summed E-state index contributed by atoms with van der Waals surface area (Å²) in [5.41, 5.74) is 2.24. The number of methoxy groups -OCH3 is 1. The maximum Gasteiger partial charge on any atom is 0.304 e. The van der Waals surface area contributed by atoms with Crippen LogP contribution in [0.3, 0.4) is 0 Å². The minimum absolute atomic E-state index is 0.0426. The third kappa shape index (κ3) is 16.3. The molecule has 0 aliphatic rings. The highest BCUT2D eigenvalue weighted by Gasteiger charge is 2.06. The number of aliphatic carboxylic acids is 1. The lowest BCUT2D eigenvalue weighted by atomic mass is 10.1. The van der Waals surface area contributed by atoms with Gasteiger partial charge in [0, 0.05) is 38.1 Å². The minimum atomic E-state index is -0.890. The summed E-state index contributed by atoms with van der Waals surface area (Å²) in [5.74, 6) is 5.30. The van der Waals surface area contributed by atoms with Crippen LogP contribution < -0.4 is 5.49 Å². The number of carbonyl (C=O) groups is 1. The maximum atomic E-state index is 10.8. The van der Waals surface area contributed by atoms with E-state index in [1.54, 1.807) is 68.8 Å². The van der Waals surface area contributed by atoms with Gasteiger partial charge in [0.05, 0.1) is 6.42 Å². The molecule has 0 radical (unpaired) electrons. The Balaban J connectivity index is 0.000000933. The van der Waals surface area contributed by atoms with E-state index in [-0.39, 0.29) is 17.8 Å². The summed E-state index contributed by atoms with van der Waals surface area (Å²) >= 11 is 0. The summed E-state index contributed by atoms with van der Waals surface area (Å²) in [6.07, 6.45) is 10.5. The molecule has 0 aliphatic heterocycles. The van der Waals surface area contributed by atoms with Crippen molar-refractivity contribution in [1.82, 2.24) is 4.68 Å². The molecule has 2 rings (SSSR count). The number of nitrogens with zero attached hydrogens (tertiary/aromatic N) is 2. The summed E-state index contributed by atoms with van der Waals surface area (Å²) in [5, 5.41) is 29.0. The van der Waals surface area contributed by atoms with E-state index in [0.29, 0.717) is 18.1 Å². The Morgan fingerprint density at radius 2 is 1.92 bits per heavy atom. The van der Waals surface area contributed by atoms with Crippen molar-refractivity contribution >= 4 is 12.7 Å². The van der Waals surface area contributed by atoms with Crippen LogP contribution in [0, 0.1) is 30.1 Å². The molecule has 1 unspecified atom stereocenters. The van der Waals surface area contributed by atoms with Crippen molar-refractivity contribution < 1.29 is 24.5 Å². The summed E-state index contributed by atoms with van der Waals surface area (Å²) in [6, 6.07) is 10.5. The Kier molecular flexibility index (Phi) is 18.4. The van der Waals surface area contributed by atoms with Gasteiger partial charge in [0.15, 0.2) is 0 Å². The van der Waals surface area contributed by atoms with Gasteiger partial charge < -0.3 is 19.7 Å². The fourth-order valence-electron chi connectivity index (χ4n) is 2.59. The Labute approximate surface area is 225 Å². The van der Waals surface area contributed by atoms with Crippen molar-refractivity contribution in [1.29, 1.82) is 5.41 Å². The van der Waals surface area contributed by atoms with Gasteiger partial charge >= 0.3 is 5.97 Å². The number of aryl methyl sites for hydroxylation is 1. The molecular formula is C30H39N3O5. The first-order valence-electron chi connectivity index (χ1n) is 12.0. The van der Waals surface area contributed by atoms with Crippen LogP contribution in [0.4, 0.5) is 0 Å². The fraction of sp³-hybridized carbons (Fsp3) is 0.300. The van der Waals surface area contributed by atoms with Crippen LogP contribution in [-0.4, -0.2) is 41.3 Å². The second kappa shape index (κ2) is 20.8. The van der Waals surface area contributed by atoms with Crippen LogP contribution in [0.1, 0.15) is 38.3 Å². The van der Waals surface area contributed by atoms with Crippen LogP contribution >= 0.6 is 0 Å². The third-order valence-corrected chi connectivity index (χ3v) is 4.53. The van der Waals surface area contributed by atoms with Gasteiger partial charge in [0.2, 0.25) is 0 Å².